The molecule has 0 radical (unpaired) electrons. The van der Waals surface area contributed by atoms with Gasteiger partial charge in [-0.25, -0.2) is 0 Å². The molecule has 0 bridgehead atoms. The van der Waals surface area contributed by atoms with E-state index in [4.69, 9.17) is 0 Å². The van der Waals surface area contributed by atoms with E-state index >= 15 is 0 Å². The van der Waals surface area contributed by atoms with Crippen LogP contribution in [-0.4, -0.2) is 46.5 Å². The molecule has 1 aromatic carbocycles. The van der Waals surface area contributed by atoms with Gasteiger partial charge in [0.25, 0.3) is 5.91 Å². The topological polar surface area (TPSA) is 54.9 Å². The van der Waals surface area contributed by atoms with Crippen molar-refractivity contribution in [3.8, 4) is 0 Å². The molecule has 0 spiro atoms. The Balaban J connectivity index is 1.99. The highest BCUT2D eigenvalue weighted by Gasteiger charge is 2.25. The first-order valence-electron chi connectivity index (χ1n) is 8.90. The Morgan fingerprint density at radius 2 is 1.64 bits per heavy atom. The van der Waals surface area contributed by atoms with Crippen molar-refractivity contribution in [1.82, 2.24) is 9.97 Å². The molecular weight excluding hydrogens is 312 g/mol. The summed E-state index contributed by atoms with van der Waals surface area (Å²) in [6.07, 6.45) is 3.53. The highest BCUT2D eigenvalue weighted by atomic mass is 16.2. The third-order valence-corrected chi connectivity index (χ3v) is 5.23. The summed E-state index contributed by atoms with van der Waals surface area (Å²) < 4.78 is 0.789. The van der Waals surface area contributed by atoms with Gasteiger partial charge in [-0.05, 0) is 45.0 Å². The Morgan fingerprint density at radius 1 is 1.00 bits per heavy atom. The number of hydrogen-bond acceptors (Lipinski definition) is 3. The average Bonchev–Trinajstić information content (AvgIpc) is 2.66. The van der Waals surface area contributed by atoms with E-state index in [0.29, 0.717) is 6.54 Å². The highest BCUT2D eigenvalue weighted by Crippen LogP contribution is 2.29. The minimum Gasteiger partial charge on any atom is -0.321 e. The fourth-order valence-electron chi connectivity index (χ4n) is 3.38. The number of nitrogens with one attached hydrogen (secondary N) is 1. The first kappa shape index (κ1) is 17.3. The lowest BCUT2D eigenvalue weighted by Crippen LogP contribution is -2.51. The number of benzene rings is 1. The van der Waals surface area contributed by atoms with Crippen molar-refractivity contribution in [3.05, 3.63) is 42.7 Å². The maximum absolute atomic E-state index is 12.7. The van der Waals surface area contributed by atoms with Gasteiger partial charge in [0.2, 0.25) is 0 Å². The van der Waals surface area contributed by atoms with E-state index in [1.54, 1.807) is 12.4 Å². The van der Waals surface area contributed by atoms with Crippen LogP contribution in [-0.2, 0) is 4.79 Å². The molecule has 0 atom stereocenters. The molecule has 0 unspecified atom stereocenters. The van der Waals surface area contributed by atoms with E-state index in [2.05, 4.69) is 36.1 Å². The number of rotatable bonds is 6. The molecule has 3 aromatic rings. The van der Waals surface area contributed by atoms with Crippen LogP contribution in [0.1, 0.15) is 20.8 Å². The Hall–Kier alpha value is -2.53. The number of carbonyl (C=O) groups excluding carboxylic acids is 1. The summed E-state index contributed by atoms with van der Waals surface area (Å²) in [4.78, 5) is 21.7. The number of anilines is 1. The molecule has 0 fully saturated rings. The second-order valence-corrected chi connectivity index (χ2v) is 6.40. The van der Waals surface area contributed by atoms with Gasteiger partial charge in [-0.3, -0.25) is 14.8 Å². The predicted molar refractivity (Wildman–Crippen MR) is 102 cm³/mol. The van der Waals surface area contributed by atoms with Gasteiger partial charge in [-0.2, -0.15) is 0 Å². The smallest absolute Gasteiger partial charge is 0.279 e. The Kier molecular flexibility index (Phi) is 4.95. The Labute approximate surface area is 148 Å². The highest BCUT2D eigenvalue weighted by molar-refractivity contribution is 6.12. The number of hydrogen-bond donors (Lipinski definition) is 1. The zero-order valence-corrected chi connectivity index (χ0v) is 15.1. The van der Waals surface area contributed by atoms with Gasteiger partial charge in [0.1, 0.15) is 0 Å². The van der Waals surface area contributed by atoms with E-state index in [-0.39, 0.29) is 5.91 Å². The van der Waals surface area contributed by atoms with Crippen molar-refractivity contribution in [2.45, 2.75) is 20.8 Å². The fourth-order valence-corrected chi connectivity index (χ4v) is 3.38. The van der Waals surface area contributed by atoms with Crippen LogP contribution in [0.2, 0.25) is 0 Å². The van der Waals surface area contributed by atoms with Gasteiger partial charge in [-0.1, -0.05) is 6.07 Å². The number of quaternary nitrogens is 1. The van der Waals surface area contributed by atoms with Crippen LogP contribution in [0.25, 0.3) is 21.8 Å². The third-order valence-electron chi connectivity index (χ3n) is 5.23. The maximum atomic E-state index is 12.7. The predicted octanol–water partition coefficient (Wildman–Crippen LogP) is 3.60. The molecule has 2 heterocycles. The van der Waals surface area contributed by atoms with E-state index in [1.165, 1.54) is 0 Å². The molecule has 0 aliphatic carbocycles. The van der Waals surface area contributed by atoms with Gasteiger partial charge >= 0.3 is 0 Å². The standard InChI is InChI=1S/C20H24N4O/c1-4-24(5-2,6-3)14-18(25)23-17-13-15-9-7-11-21-19(15)20-16(17)10-8-12-22-20/h7-13H,4-6,14H2,1-3H3/p+1. The molecular formula is C20H25N4O+. The van der Waals surface area contributed by atoms with E-state index < -0.39 is 0 Å². The van der Waals surface area contributed by atoms with Crippen molar-refractivity contribution in [2.24, 2.45) is 0 Å². The number of pyridine rings is 2. The van der Waals surface area contributed by atoms with Gasteiger partial charge in [0.05, 0.1) is 36.4 Å². The molecule has 3 rings (SSSR count). The molecule has 25 heavy (non-hydrogen) atoms. The van der Waals surface area contributed by atoms with E-state index in [0.717, 1.165) is 51.6 Å². The second kappa shape index (κ2) is 7.15. The van der Waals surface area contributed by atoms with Crippen molar-refractivity contribution in [2.75, 3.05) is 31.5 Å². The number of nitrogens with zero attached hydrogens (tertiary/aromatic N) is 3. The first-order valence-corrected chi connectivity index (χ1v) is 8.90. The van der Waals surface area contributed by atoms with Crippen molar-refractivity contribution in [3.63, 3.8) is 0 Å². The number of carbonyl (C=O) groups is 1. The van der Waals surface area contributed by atoms with Crippen LogP contribution in [0.3, 0.4) is 0 Å². The molecule has 5 nitrogen and oxygen atoms in total. The Morgan fingerprint density at radius 3 is 2.32 bits per heavy atom. The molecule has 1 amide bonds. The Bertz CT molecular complexity index is 894. The van der Waals surface area contributed by atoms with Crippen LogP contribution in [0.4, 0.5) is 5.69 Å². The van der Waals surface area contributed by atoms with Gasteiger partial charge in [0.15, 0.2) is 6.54 Å². The minimum atomic E-state index is 0.0407. The molecule has 1 N–H and O–H groups in total. The molecule has 0 saturated carbocycles. The second-order valence-electron chi connectivity index (χ2n) is 6.40. The molecule has 0 aliphatic rings. The first-order chi connectivity index (χ1) is 12.1. The molecule has 2 aromatic heterocycles. The van der Waals surface area contributed by atoms with Crippen LogP contribution in [0.5, 0.6) is 0 Å². The van der Waals surface area contributed by atoms with E-state index in [9.17, 15) is 4.79 Å². The molecule has 0 aliphatic heterocycles. The number of fused-ring (bicyclic) bond motifs is 3. The van der Waals surface area contributed by atoms with E-state index in [1.807, 2.05) is 30.3 Å². The lowest BCUT2D eigenvalue weighted by atomic mass is 10.1. The van der Waals surface area contributed by atoms with Crippen molar-refractivity contribution >= 4 is 33.4 Å². The molecule has 5 heteroatoms. The van der Waals surface area contributed by atoms with Crippen LogP contribution in [0.15, 0.2) is 42.7 Å². The summed E-state index contributed by atoms with van der Waals surface area (Å²) in [6, 6.07) is 9.75. The fraction of sp³-hybridized carbons (Fsp3) is 0.350. The van der Waals surface area contributed by atoms with Crippen molar-refractivity contribution in [1.29, 1.82) is 0 Å². The quantitative estimate of drug-likeness (QED) is 0.552. The maximum Gasteiger partial charge on any atom is 0.279 e. The third kappa shape index (κ3) is 3.33. The summed E-state index contributed by atoms with van der Waals surface area (Å²) >= 11 is 0. The SMILES string of the molecule is CC[N+](CC)(CC)CC(=O)Nc1cc2cccnc2c2ncccc12. The van der Waals surface area contributed by atoms with Crippen LogP contribution in [0, 0.1) is 0 Å². The summed E-state index contributed by atoms with van der Waals surface area (Å²) in [5.41, 5.74) is 2.48. The summed E-state index contributed by atoms with van der Waals surface area (Å²) in [5, 5.41) is 5.01. The average molecular weight is 337 g/mol. The van der Waals surface area contributed by atoms with Gasteiger partial charge in [-0.15, -0.1) is 0 Å². The molecule has 0 saturated heterocycles. The van der Waals surface area contributed by atoms with Crippen LogP contribution < -0.4 is 5.32 Å². The lowest BCUT2D eigenvalue weighted by Gasteiger charge is -2.34. The summed E-state index contributed by atoms with van der Waals surface area (Å²) in [6.45, 7) is 9.75. The van der Waals surface area contributed by atoms with Crippen LogP contribution >= 0.6 is 0 Å². The summed E-state index contributed by atoms with van der Waals surface area (Å²) in [7, 11) is 0. The summed E-state index contributed by atoms with van der Waals surface area (Å²) in [5.74, 6) is 0.0407. The van der Waals surface area contributed by atoms with Gasteiger partial charge in [0, 0.05) is 23.2 Å². The van der Waals surface area contributed by atoms with Gasteiger partial charge < -0.3 is 9.80 Å². The van der Waals surface area contributed by atoms with Crippen molar-refractivity contribution < 1.29 is 9.28 Å². The zero-order chi connectivity index (χ0) is 17.9. The monoisotopic (exact) mass is 337 g/mol. The number of likely N-dealkylation sites (N-methyl/N-ethyl adjacent to an activating group) is 1. The minimum absolute atomic E-state index is 0.0407. The largest absolute Gasteiger partial charge is 0.321 e. The number of aromatic nitrogens is 2. The lowest BCUT2D eigenvalue weighted by molar-refractivity contribution is -0.915. The molecule has 130 valence electrons. The number of amides is 1. The normalized spacial score (nSPS) is 11.8. The zero-order valence-electron chi connectivity index (χ0n) is 15.1.